The SMILES string of the molecule is Ic1c2ccccc2c(-c2cccc(-n3c(-c4ccc5ccccc5c4)nc4ccccc43)c2)c2ccccc12. The van der Waals surface area contributed by atoms with Crippen LogP contribution in [0, 0.1) is 3.57 Å². The lowest BCUT2D eigenvalue weighted by molar-refractivity contribution is 1.10. The maximum atomic E-state index is 5.14. The van der Waals surface area contributed by atoms with Gasteiger partial charge in [0.25, 0.3) is 0 Å². The second kappa shape index (κ2) is 9.32. The molecule has 0 spiro atoms. The number of nitrogens with zero attached hydrogens (tertiary/aromatic N) is 2. The molecule has 0 saturated carbocycles. The number of para-hydroxylation sites is 2. The van der Waals surface area contributed by atoms with Crippen molar-refractivity contribution in [1.82, 2.24) is 9.55 Å². The molecule has 0 bridgehead atoms. The Balaban J connectivity index is 1.41. The molecule has 0 saturated heterocycles. The van der Waals surface area contributed by atoms with Gasteiger partial charge in [-0.25, -0.2) is 4.98 Å². The third-order valence-electron chi connectivity index (χ3n) is 7.83. The molecule has 0 aliphatic heterocycles. The molecule has 40 heavy (non-hydrogen) atoms. The van der Waals surface area contributed by atoms with Gasteiger partial charge in [-0.15, -0.1) is 0 Å². The van der Waals surface area contributed by atoms with Gasteiger partial charge in [0, 0.05) is 14.8 Å². The molecule has 0 amide bonds. The van der Waals surface area contributed by atoms with Crippen LogP contribution in [0.4, 0.5) is 0 Å². The lowest BCUT2D eigenvalue weighted by Crippen LogP contribution is -1.98. The highest BCUT2D eigenvalue weighted by Crippen LogP contribution is 2.41. The monoisotopic (exact) mass is 622 g/mol. The fourth-order valence-electron chi connectivity index (χ4n) is 6.00. The maximum absolute atomic E-state index is 5.14. The highest BCUT2D eigenvalue weighted by atomic mass is 127. The van der Waals surface area contributed by atoms with Crippen molar-refractivity contribution in [2.45, 2.75) is 0 Å². The molecule has 1 aromatic heterocycles. The van der Waals surface area contributed by atoms with E-state index in [1.165, 1.54) is 47.0 Å². The number of imidazole rings is 1. The Hall–Kier alpha value is -4.48. The zero-order valence-electron chi connectivity index (χ0n) is 21.6. The summed E-state index contributed by atoms with van der Waals surface area (Å²) >= 11 is 2.50. The Labute approximate surface area is 245 Å². The molecule has 0 atom stereocenters. The van der Waals surface area contributed by atoms with Crippen molar-refractivity contribution in [2.75, 3.05) is 0 Å². The minimum absolute atomic E-state index is 0.946. The van der Waals surface area contributed by atoms with Crippen LogP contribution in [0.2, 0.25) is 0 Å². The molecule has 0 unspecified atom stereocenters. The van der Waals surface area contributed by atoms with Gasteiger partial charge in [-0.2, -0.15) is 0 Å². The average molecular weight is 623 g/mol. The van der Waals surface area contributed by atoms with Crippen molar-refractivity contribution in [3.8, 4) is 28.2 Å². The Morgan fingerprint density at radius 1 is 0.500 bits per heavy atom. The topological polar surface area (TPSA) is 17.8 Å². The van der Waals surface area contributed by atoms with Crippen LogP contribution in [0.1, 0.15) is 0 Å². The molecular weight excluding hydrogens is 599 g/mol. The van der Waals surface area contributed by atoms with Crippen molar-refractivity contribution in [3.63, 3.8) is 0 Å². The van der Waals surface area contributed by atoms with Crippen LogP contribution >= 0.6 is 22.6 Å². The van der Waals surface area contributed by atoms with Gasteiger partial charge in [0.1, 0.15) is 5.82 Å². The summed E-state index contributed by atoms with van der Waals surface area (Å²) in [6.45, 7) is 0. The van der Waals surface area contributed by atoms with Crippen LogP contribution in [-0.4, -0.2) is 9.55 Å². The molecule has 0 N–H and O–H groups in total. The fourth-order valence-corrected chi connectivity index (χ4v) is 6.94. The van der Waals surface area contributed by atoms with E-state index in [1.54, 1.807) is 0 Å². The maximum Gasteiger partial charge on any atom is 0.145 e. The van der Waals surface area contributed by atoms with Gasteiger partial charge in [-0.1, -0.05) is 109 Å². The molecule has 7 aromatic carbocycles. The molecule has 2 nitrogen and oxygen atoms in total. The molecule has 8 aromatic rings. The molecular formula is C37H23IN2. The first-order valence-electron chi connectivity index (χ1n) is 13.4. The van der Waals surface area contributed by atoms with Crippen LogP contribution in [0.15, 0.2) is 140 Å². The molecule has 0 aliphatic carbocycles. The number of fused-ring (bicyclic) bond motifs is 4. The van der Waals surface area contributed by atoms with Crippen LogP contribution in [0.5, 0.6) is 0 Å². The third-order valence-corrected chi connectivity index (χ3v) is 8.99. The van der Waals surface area contributed by atoms with E-state index in [2.05, 4.69) is 167 Å². The predicted molar refractivity (Wildman–Crippen MR) is 177 cm³/mol. The van der Waals surface area contributed by atoms with Crippen LogP contribution in [-0.2, 0) is 0 Å². The molecule has 1 heterocycles. The lowest BCUT2D eigenvalue weighted by atomic mass is 9.92. The first-order valence-corrected chi connectivity index (χ1v) is 14.5. The minimum atomic E-state index is 0.946. The molecule has 188 valence electrons. The van der Waals surface area contributed by atoms with E-state index in [-0.39, 0.29) is 0 Å². The van der Waals surface area contributed by atoms with Gasteiger partial charge in [-0.05, 0) is 96.4 Å². The summed E-state index contributed by atoms with van der Waals surface area (Å²) in [4.78, 5) is 5.14. The largest absolute Gasteiger partial charge is 0.292 e. The zero-order chi connectivity index (χ0) is 26.6. The van der Waals surface area contributed by atoms with E-state index in [1.807, 2.05) is 0 Å². The van der Waals surface area contributed by atoms with Crippen LogP contribution in [0.3, 0.4) is 0 Å². The van der Waals surface area contributed by atoms with Crippen molar-refractivity contribution in [2.24, 2.45) is 0 Å². The van der Waals surface area contributed by atoms with E-state index in [0.29, 0.717) is 0 Å². The number of hydrogen-bond acceptors (Lipinski definition) is 1. The van der Waals surface area contributed by atoms with Crippen molar-refractivity contribution < 1.29 is 0 Å². The first-order chi connectivity index (χ1) is 19.8. The van der Waals surface area contributed by atoms with Gasteiger partial charge in [-0.3, -0.25) is 4.57 Å². The number of aromatic nitrogens is 2. The lowest BCUT2D eigenvalue weighted by Gasteiger charge is -2.16. The summed E-state index contributed by atoms with van der Waals surface area (Å²) < 4.78 is 3.60. The first kappa shape index (κ1) is 23.4. The van der Waals surface area contributed by atoms with E-state index >= 15 is 0 Å². The van der Waals surface area contributed by atoms with Gasteiger partial charge in [0.05, 0.1) is 11.0 Å². The third kappa shape index (κ3) is 3.65. The van der Waals surface area contributed by atoms with E-state index < -0.39 is 0 Å². The average Bonchev–Trinajstić information content (AvgIpc) is 3.41. The van der Waals surface area contributed by atoms with Gasteiger partial charge >= 0.3 is 0 Å². The Morgan fingerprint density at radius 3 is 1.93 bits per heavy atom. The Kier molecular flexibility index (Phi) is 5.45. The van der Waals surface area contributed by atoms with E-state index in [9.17, 15) is 0 Å². The number of hydrogen-bond donors (Lipinski definition) is 0. The molecule has 8 rings (SSSR count). The predicted octanol–water partition coefficient (Wildman–Crippen LogP) is 10.4. The standard InChI is InChI=1S/C37H23IN2/c38-36-31-16-5-3-14-29(31)35(30-15-4-6-17-32(30)36)26-12-9-13-28(23-26)40-34-19-8-7-18-33(34)39-37(40)27-21-20-24-10-1-2-11-25(24)22-27/h1-23H. The number of halogens is 1. The minimum Gasteiger partial charge on any atom is -0.292 e. The summed E-state index contributed by atoms with van der Waals surface area (Å²) in [6.07, 6.45) is 0. The number of benzene rings is 7. The van der Waals surface area contributed by atoms with Gasteiger partial charge in [0.15, 0.2) is 0 Å². The Bertz CT molecular complexity index is 2190. The summed E-state index contributed by atoms with van der Waals surface area (Å²) in [7, 11) is 0. The van der Waals surface area contributed by atoms with E-state index in [0.717, 1.165) is 28.1 Å². The summed E-state index contributed by atoms with van der Waals surface area (Å²) in [5, 5.41) is 7.55. The quantitative estimate of drug-likeness (QED) is 0.142. The van der Waals surface area contributed by atoms with E-state index in [4.69, 9.17) is 4.98 Å². The van der Waals surface area contributed by atoms with Crippen molar-refractivity contribution in [3.05, 3.63) is 143 Å². The van der Waals surface area contributed by atoms with Crippen molar-refractivity contribution >= 4 is 65.9 Å². The van der Waals surface area contributed by atoms with Crippen LogP contribution < -0.4 is 0 Å². The molecule has 0 aliphatic rings. The molecule has 3 heteroatoms. The van der Waals surface area contributed by atoms with Crippen LogP contribution in [0.25, 0.3) is 71.6 Å². The highest BCUT2D eigenvalue weighted by molar-refractivity contribution is 14.1. The molecule has 0 radical (unpaired) electrons. The summed E-state index contributed by atoms with van der Waals surface area (Å²) in [5.74, 6) is 0.946. The highest BCUT2D eigenvalue weighted by Gasteiger charge is 2.17. The summed E-state index contributed by atoms with van der Waals surface area (Å²) in [6, 6.07) is 50.0. The smallest absolute Gasteiger partial charge is 0.145 e. The molecule has 0 fully saturated rings. The summed E-state index contributed by atoms with van der Waals surface area (Å²) in [5.41, 5.74) is 6.75. The zero-order valence-corrected chi connectivity index (χ0v) is 23.7. The normalized spacial score (nSPS) is 11.6. The second-order valence-electron chi connectivity index (χ2n) is 10.2. The number of rotatable bonds is 3. The van der Waals surface area contributed by atoms with Crippen molar-refractivity contribution in [1.29, 1.82) is 0 Å². The second-order valence-corrected chi connectivity index (χ2v) is 11.2. The van der Waals surface area contributed by atoms with Gasteiger partial charge in [0.2, 0.25) is 0 Å². The Morgan fingerprint density at radius 2 is 1.15 bits per heavy atom. The van der Waals surface area contributed by atoms with Gasteiger partial charge < -0.3 is 0 Å². The fraction of sp³-hybridized carbons (Fsp3) is 0.